The van der Waals surface area contributed by atoms with Gasteiger partial charge >= 0.3 is 0 Å². The highest BCUT2D eigenvalue weighted by molar-refractivity contribution is 6.27. The molecular weight excluding hydrogens is 130 g/mol. The molecule has 0 aromatic carbocycles. The lowest BCUT2D eigenvalue weighted by Gasteiger charge is -2.03. The molecule has 54 valence electrons. The van der Waals surface area contributed by atoms with E-state index in [2.05, 4.69) is 13.8 Å². The highest BCUT2D eigenvalue weighted by atomic mass is 28.2. The maximum absolute atomic E-state index is 5.32. The fourth-order valence-corrected chi connectivity index (χ4v) is 1.20. The topological polar surface area (TPSA) is 35.2 Å². The second kappa shape index (κ2) is 6.26. The normalized spacial score (nSPS) is 10.7. The third-order valence-corrected chi connectivity index (χ3v) is 2.00. The fourth-order valence-electron chi connectivity index (χ4n) is 0.400. The second-order valence-electron chi connectivity index (χ2n) is 2.20. The van der Waals surface area contributed by atoms with Gasteiger partial charge in [-0.1, -0.05) is 0 Å². The Morgan fingerprint density at radius 2 is 2.22 bits per heavy atom. The number of nitrogens with two attached hydrogens (primary N) is 1. The van der Waals surface area contributed by atoms with Gasteiger partial charge in [0.2, 0.25) is 9.76 Å². The Kier molecular flexibility index (Phi) is 6.35. The van der Waals surface area contributed by atoms with Crippen LogP contribution in [0.15, 0.2) is 0 Å². The SMILES string of the molecule is CC(C)O[Si]CCCN. The van der Waals surface area contributed by atoms with Crippen LogP contribution in [0.2, 0.25) is 6.04 Å². The van der Waals surface area contributed by atoms with Crippen LogP contribution in [0, 0.1) is 0 Å². The molecule has 0 aromatic rings. The van der Waals surface area contributed by atoms with E-state index >= 15 is 0 Å². The summed E-state index contributed by atoms with van der Waals surface area (Å²) in [4.78, 5) is 0. The molecule has 9 heavy (non-hydrogen) atoms. The molecule has 0 aliphatic carbocycles. The van der Waals surface area contributed by atoms with E-state index in [0.29, 0.717) is 15.9 Å². The van der Waals surface area contributed by atoms with Crippen LogP contribution in [-0.4, -0.2) is 22.4 Å². The van der Waals surface area contributed by atoms with Crippen molar-refractivity contribution in [2.75, 3.05) is 6.54 Å². The van der Waals surface area contributed by atoms with E-state index < -0.39 is 0 Å². The zero-order valence-corrected chi connectivity index (χ0v) is 7.18. The van der Waals surface area contributed by atoms with Crippen LogP contribution in [0.25, 0.3) is 0 Å². The monoisotopic (exact) mass is 145 g/mol. The Morgan fingerprint density at radius 3 is 2.67 bits per heavy atom. The van der Waals surface area contributed by atoms with E-state index in [0.717, 1.165) is 19.0 Å². The van der Waals surface area contributed by atoms with Crippen LogP contribution in [0.3, 0.4) is 0 Å². The molecule has 2 radical (unpaired) electrons. The minimum Gasteiger partial charge on any atom is -0.415 e. The third-order valence-electron chi connectivity index (χ3n) is 0.802. The van der Waals surface area contributed by atoms with Crippen molar-refractivity contribution in [2.45, 2.75) is 32.4 Å². The fraction of sp³-hybridized carbons (Fsp3) is 1.00. The quantitative estimate of drug-likeness (QED) is 0.459. The highest BCUT2D eigenvalue weighted by Crippen LogP contribution is 1.90. The van der Waals surface area contributed by atoms with Crippen molar-refractivity contribution < 1.29 is 4.43 Å². The molecular formula is C6H15NOSi. The molecule has 0 aliphatic heterocycles. The Hall–Kier alpha value is 0.137. The zero-order valence-electron chi connectivity index (χ0n) is 6.18. The largest absolute Gasteiger partial charge is 0.415 e. The molecule has 2 N–H and O–H groups in total. The molecule has 0 saturated carbocycles. The minimum absolute atomic E-state index is 0.376. The Bertz CT molecular complexity index is 59.0. The Morgan fingerprint density at radius 1 is 1.56 bits per heavy atom. The van der Waals surface area contributed by atoms with Gasteiger partial charge in [0.1, 0.15) is 0 Å². The molecule has 0 fully saturated rings. The summed E-state index contributed by atoms with van der Waals surface area (Å²) >= 11 is 0. The lowest BCUT2D eigenvalue weighted by molar-refractivity contribution is 0.255. The first-order valence-corrected chi connectivity index (χ1v) is 4.47. The summed E-state index contributed by atoms with van der Waals surface area (Å²) in [6.45, 7) is 4.89. The highest BCUT2D eigenvalue weighted by Gasteiger charge is 1.93. The van der Waals surface area contributed by atoms with Crippen molar-refractivity contribution in [1.29, 1.82) is 0 Å². The van der Waals surface area contributed by atoms with Crippen molar-refractivity contribution in [3.8, 4) is 0 Å². The van der Waals surface area contributed by atoms with Crippen molar-refractivity contribution in [2.24, 2.45) is 5.73 Å². The van der Waals surface area contributed by atoms with Gasteiger partial charge in [0.25, 0.3) is 0 Å². The standard InChI is InChI=1S/C6H15NOSi/c1-6(2)8-9-5-3-4-7/h6H,3-5,7H2,1-2H3. The molecule has 0 bridgehead atoms. The predicted molar refractivity (Wildman–Crippen MR) is 40.5 cm³/mol. The molecule has 0 saturated heterocycles. The maximum Gasteiger partial charge on any atom is 0.230 e. The summed E-state index contributed by atoms with van der Waals surface area (Å²) in [6.07, 6.45) is 1.46. The molecule has 3 heteroatoms. The molecule has 0 heterocycles. The van der Waals surface area contributed by atoms with Gasteiger partial charge in [0, 0.05) is 6.10 Å². The van der Waals surface area contributed by atoms with E-state index in [1.54, 1.807) is 0 Å². The van der Waals surface area contributed by atoms with E-state index in [9.17, 15) is 0 Å². The van der Waals surface area contributed by atoms with Gasteiger partial charge in [-0.15, -0.1) is 0 Å². The Labute approximate surface area is 59.7 Å². The summed E-state index contributed by atoms with van der Waals surface area (Å²) in [5.74, 6) is 0. The van der Waals surface area contributed by atoms with Crippen LogP contribution in [0.5, 0.6) is 0 Å². The average molecular weight is 145 g/mol. The van der Waals surface area contributed by atoms with Crippen LogP contribution in [0.4, 0.5) is 0 Å². The molecule has 0 rings (SSSR count). The summed E-state index contributed by atoms with van der Waals surface area (Å²) in [7, 11) is 0.639. The van der Waals surface area contributed by atoms with Gasteiger partial charge in [-0.3, -0.25) is 0 Å². The van der Waals surface area contributed by atoms with Gasteiger partial charge < -0.3 is 10.2 Å². The van der Waals surface area contributed by atoms with E-state index in [-0.39, 0.29) is 0 Å². The third kappa shape index (κ3) is 8.14. The van der Waals surface area contributed by atoms with Crippen molar-refractivity contribution in [3.05, 3.63) is 0 Å². The van der Waals surface area contributed by atoms with Gasteiger partial charge in [-0.2, -0.15) is 0 Å². The molecule has 2 nitrogen and oxygen atoms in total. The minimum atomic E-state index is 0.376. The van der Waals surface area contributed by atoms with Crippen LogP contribution < -0.4 is 5.73 Å². The van der Waals surface area contributed by atoms with Crippen LogP contribution >= 0.6 is 0 Å². The summed E-state index contributed by atoms with van der Waals surface area (Å²) in [5, 5.41) is 0. The zero-order chi connectivity index (χ0) is 7.11. The first-order chi connectivity index (χ1) is 4.27. The van der Waals surface area contributed by atoms with E-state index in [1.807, 2.05) is 0 Å². The maximum atomic E-state index is 5.32. The van der Waals surface area contributed by atoms with Crippen molar-refractivity contribution >= 4 is 9.76 Å². The predicted octanol–water partition coefficient (Wildman–Crippen LogP) is 0.798. The lowest BCUT2D eigenvalue weighted by atomic mass is 10.5. The van der Waals surface area contributed by atoms with E-state index in [4.69, 9.17) is 10.2 Å². The average Bonchev–Trinajstić information content (AvgIpc) is 1.80. The molecule has 0 aliphatic rings. The van der Waals surface area contributed by atoms with Crippen molar-refractivity contribution in [3.63, 3.8) is 0 Å². The molecule has 0 spiro atoms. The van der Waals surface area contributed by atoms with E-state index in [1.165, 1.54) is 0 Å². The first kappa shape index (κ1) is 9.14. The summed E-state index contributed by atoms with van der Waals surface area (Å²) in [6, 6.07) is 1.12. The molecule has 0 atom stereocenters. The van der Waals surface area contributed by atoms with Gasteiger partial charge in [-0.05, 0) is 32.9 Å². The smallest absolute Gasteiger partial charge is 0.230 e. The summed E-state index contributed by atoms with van der Waals surface area (Å²) in [5.41, 5.74) is 5.29. The number of rotatable bonds is 5. The first-order valence-electron chi connectivity index (χ1n) is 3.36. The molecule has 0 amide bonds. The molecule has 0 unspecified atom stereocenters. The number of hydrogen-bond donors (Lipinski definition) is 1. The van der Waals surface area contributed by atoms with Gasteiger partial charge in [-0.25, -0.2) is 0 Å². The van der Waals surface area contributed by atoms with Crippen LogP contribution in [-0.2, 0) is 4.43 Å². The van der Waals surface area contributed by atoms with Gasteiger partial charge in [0.15, 0.2) is 0 Å². The number of hydrogen-bond acceptors (Lipinski definition) is 2. The van der Waals surface area contributed by atoms with Gasteiger partial charge in [0.05, 0.1) is 0 Å². The molecule has 0 aromatic heterocycles. The van der Waals surface area contributed by atoms with Crippen molar-refractivity contribution in [1.82, 2.24) is 0 Å². The second-order valence-corrected chi connectivity index (χ2v) is 3.23. The lowest BCUT2D eigenvalue weighted by Crippen LogP contribution is -2.08. The Balaban J connectivity index is 2.75. The summed E-state index contributed by atoms with van der Waals surface area (Å²) < 4.78 is 5.32. The van der Waals surface area contributed by atoms with Crippen LogP contribution in [0.1, 0.15) is 20.3 Å².